The number of imidazole rings is 1. The van der Waals surface area contributed by atoms with Gasteiger partial charge in [-0.05, 0) is 48.9 Å². The first-order chi connectivity index (χ1) is 16.8. The molecule has 0 bridgehead atoms. The molecule has 4 aromatic rings. The second-order valence-electron chi connectivity index (χ2n) is 7.92. The highest BCUT2D eigenvalue weighted by molar-refractivity contribution is 9.10. The lowest BCUT2D eigenvalue weighted by molar-refractivity contribution is 0.103. The summed E-state index contributed by atoms with van der Waals surface area (Å²) < 4.78 is 7.84. The average Bonchev–Trinajstić information content (AvgIpc) is 3.15. The number of halogens is 2. The zero-order valence-electron chi connectivity index (χ0n) is 18.8. The van der Waals surface area contributed by atoms with Gasteiger partial charge in [-0.2, -0.15) is 0 Å². The van der Waals surface area contributed by atoms with Gasteiger partial charge in [0.25, 0.3) is 0 Å². The van der Waals surface area contributed by atoms with E-state index in [1.807, 2.05) is 49.4 Å². The molecule has 180 valence electrons. The van der Waals surface area contributed by atoms with Crippen LogP contribution in [0.25, 0.3) is 0 Å². The summed E-state index contributed by atoms with van der Waals surface area (Å²) in [6.45, 7) is 2.63. The van der Waals surface area contributed by atoms with Crippen LogP contribution in [0.5, 0.6) is 5.88 Å². The predicted octanol–water partition coefficient (Wildman–Crippen LogP) is 5.80. The van der Waals surface area contributed by atoms with Gasteiger partial charge < -0.3 is 20.1 Å². The third-order valence-corrected chi connectivity index (χ3v) is 6.32. The summed E-state index contributed by atoms with van der Waals surface area (Å²) in [4.78, 5) is 27.0. The van der Waals surface area contributed by atoms with Crippen molar-refractivity contribution in [3.05, 3.63) is 109 Å². The number of benzene rings is 3. The van der Waals surface area contributed by atoms with Gasteiger partial charge in [-0.1, -0.05) is 51.8 Å². The van der Waals surface area contributed by atoms with Crippen LogP contribution in [0.4, 0.5) is 11.4 Å². The van der Waals surface area contributed by atoms with E-state index in [1.165, 1.54) is 10.8 Å². The highest BCUT2D eigenvalue weighted by Crippen LogP contribution is 2.29. The molecule has 0 radical (unpaired) electrons. The van der Waals surface area contributed by atoms with Crippen molar-refractivity contribution >= 4 is 44.7 Å². The Morgan fingerprint density at radius 3 is 2.66 bits per heavy atom. The lowest BCUT2D eigenvalue weighted by Gasteiger charge is -2.15. The Kier molecular flexibility index (Phi) is 7.75. The first-order valence-electron chi connectivity index (χ1n) is 10.8. The molecule has 1 heterocycles. The normalized spacial score (nSPS) is 10.9. The molecule has 0 saturated carbocycles. The minimum Gasteiger partial charge on any atom is -0.493 e. The quantitative estimate of drug-likeness (QED) is 0.179. The fourth-order valence-corrected chi connectivity index (χ4v) is 4.32. The lowest BCUT2D eigenvalue weighted by atomic mass is 9.99. The number of aromatic nitrogens is 2. The molecule has 0 fully saturated rings. The monoisotopic (exact) mass is 555 g/mol. The van der Waals surface area contributed by atoms with Gasteiger partial charge in [0.05, 0.1) is 31.0 Å². The van der Waals surface area contributed by atoms with Gasteiger partial charge in [0, 0.05) is 32.5 Å². The van der Waals surface area contributed by atoms with Crippen LogP contribution in [0.2, 0.25) is 5.02 Å². The molecule has 35 heavy (non-hydrogen) atoms. The zero-order valence-corrected chi connectivity index (χ0v) is 21.2. The largest absolute Gasteiger partial charge is 0.493 e. The standard InChI is InChI=1S/C26H23BrClN3O4/c1-16-4-2-3-5-20(16)25(33)21-8-7-19(13-22(21)28)30-23-9-6-18(27)12-17(23)15-35-11-10-31-24(32)14-29-26(31)34/h2-9,12-14,30,32H,10-11,15H2,1H3,(H,29,34). The molecule has 3 N–H and O–H groups in total. The smallest absolute Gasteiger partial charge is 0.328 e. The molecule has 0 aliphatic heterocycles. The third kappa shape index (κ3) is 5.85. The van der Waals surface area contributed by atoms with E-state index in [1.54, 1.807) is 18.2 Å². The molecule has 3 aromatic carbocycles. The van der Waals surface area contributed by atoms with Crippen LogP contribution in [0.15, 0.2) is 76.1 Å². The van der Waals surface area contributed by atoms with E-state index in [0.717, 1.165) is 27.0 Å². The Bertz CT molecular complexity index is 1430. The number of ketones is 1. The van der Waals surface area contributed by atoms with E-state index in [0.29, 0.717) is 16.1 Å². The molecule has 9 heteroatoms. The molecule has 0 aliphatic rings. The minimum absolute atomic E-state index is 0.120. The third-order valence-electron chi connectivity index (χ3n) is 5.51. The summed E-state index contributed by atoms with van der Waals surface area (Å²) in [6.07, 6.45) is 1.24. The summed E-state index contributed by atoms with van der Waals surface area (Å²) in [7, 11) is 0. The maximum absolute atomic E-state index is 13.0. The van der Waals surface area contributed by atoms with Crippen LogP contribution >= 0.6 is 27.5 Å². The summed E-state index contributed by atoms with van der Waals surface area (Å²) in [5.41, 5.74) is 3.98. The van der Waals surface area contributed by atoms with Crippen molar-refractivity contribution in [2.45, 2.75) is 20.1 Å². The molecular formula is C26H23BrClN3O4. The maximum atomic E-state index is 13.0. The van der Waals surface area contributed by atoms with Crippen molar-refractivity contribution in [2.75, 3.05) is 11.9 Å². The molecule has 1 aromatic heterocycles. The van der Waals surface area contributed by atoms with Gasteiger partial charge in [0.1, 0.15) is 0 Å². The van der Waals surface area contributed by atoms with Crippen LogP contribution in [0.1, 0.15) is 27.0 Å². The number of anilines is 2. The Morgan fingerprint density at radius 2 is 1.94 bits per heavy atom. The summed E-state index contributed by atoms with van der Waals surface area (Å²) in [5, 5.41) is 13.4. The fourth-order valence-electron chi connectivity index (χ4n) is 3.65. The van der Waals surface area contributed by atoms with E-state index in [4.69, 9.17) is 16.3 Å². The van der Waals surface area contributed by atoms with E-state index in [2.05, 4.69) is 26.2 Å². The first-order valence-corrected chi connectivity index (χ1v) is 12.0. The number of rotatable bonds is 9. The van der Waals surface area contributed by atoms with Crippen LogP contribution in [-0.4, -0.2) is 27.0 Å². The summed E-state index contributed by atoms with van der Waals surface area (Å²) in [6, 6.07) is 18.4. The molecule has 0 aliphatic carbocycles. The van der Waals surface area contributed by atoms with Gasteiger partial charge >= 0.3 is 5.69 Å². The van der Waals surface area contributed by atoms with Crippen LogP contribution in [-0.2, 0) is 17.9 Å². The van der Waals surface area contributed by atoms with E-state index in [9.17, 15) is 14.7 Å². The fraction of sp³-hybridized carbons (Fsp3) is 0.154. The number of carbonyl (C=O) groups excluding carboxylic acids is 1. The maximum Gasteiger partial charge on any atom is 0.328 e. The topological polar surface area (TPSA) is 96.3 Å². The number of nitrogens with zero attached hydrogens (tertiary/aromatic N) is 1. The second-order valence-corrected chi connectivity index (χ2v) is 9.24. The number of aromatic hydroxyl groups is 1. The van der Waals surface area contributed by atoms with Gasteiger partial charge in [-0.15, -0.1) is 0 Å². The number of hydrogen-bond acceptors (Lipinski definition) is 5. The molecular weight excluding hydrogens is 534 g/mol. The van der Waals surface area contributed by atoms with Crippen molar-refractivity contribution in [1.29, 1.82) is 0 Å². The molecule has 0 amide bonds. The van der Waals surface area contributed by atoms with Gasteiger partial charge in [0.15, 0.2) is 5.78 Å². The molecule has 0 spiro atoms. The zero-order chi connectivity index (χ0) is 24.9. The SMILES string of the molecule is Cc1ccccc1C(=O)c1ccc(Nc2ccc(Br)cc2COCCn2c(O)c[nH]c2=O)cc1Cl. The summed E-state index contributed by atoms with van der Waals surface area (Å²) in [5.74, 6) is -0.255. The van der Waals surface area contributed by atoms with Gasteiger partial charge in [0.2, 0.25) is 5.88 Å². The number of ether oxygens (including phenoxy) is 1. The van der Waals surface area contributed by atoms with Crippen LogP contribution < -0.4 is 11.0 Å². The van der Waals surface area contributed by atoms with Crippen molar-refractivity contribution in [3.63, 3.8) is 0 Å². The minimum atomic E-state index is -0.392. The van der Waals surface area contributed by atoms with E-state index >= 15 is 0 Å². The second kappa shape index (κ2) is 10.9. The van der Waals surface area contributed by atoms with Crippen LogP contribution in [0, 0.1) is 6.92 Å². The summed E-state index contributed by atoms with van der Waals surface area (Å²) >= 11 is 9.97. The van der Waals surface area contributed by atoms with Crippen molar-refractivity contribution in [3.8, 4) is 5.88 Å². The number of H-pyrrole nitrogens is 1. The first kappa shape index (κ1) is 24.8. The average molecular weight is 557 g/mol. The van der Waals surface area contributed by atoms with Crippen molar-refractivity contribution < 1.29 is 14.6 Å². The van der Waals surface area contributed by atoms with Crippen LogP contribution in [0.3, 0.4) is 0 Å². The lowest BCUT2D eigenvalue weighted by Crippen LogP contribution is -2.19. The van der Waals surface area contributed by atoms with E-state index in [-0.39, 0.29) is 31.4 Å². The Labute approximate surface area is 215 Å². The van der Waals surface area contributed by atoms with Crippen molar-refractivity contribution in [2.24, 2.45) is 0 Å². The number of carbonyl (C=O) groups is 1. The molecule has 0 saturated heterocycles. The molecule has 7 nitrogen and oxygen atoms in total. The highest BCUT2D eigenvalue weighted by Gasteiger charge is 2.15. The number of aryl methyl sites for hydroxylation is 1. The number of nitrogens with one attached hydrogen (secondary N) is 2. The van der Waals surface area contributed by atoms with Gasteiger partial charge in [-0.3, -0.25) is 9.36 Å². The predicted molar refractivity (Wildman–Crippen MR) is 140 cm³/mol. The highest BCUT2D eigenvalue weighted by atomic mass is 79.9. The Morgan fingerprint density at radius 1 is 1.14 bits per heavy atom. The number of aromatic amines is 1. The Hall–Kier alpha value is -3.33. The molecule has 4 rings (SSSR count). The van der Waals surface area contributed by atoms with Crippen molar-refractivity contribution in [1.82, 2.24) is 9.55 Å². The van der Waals surface area contributed by atoms with E-state index < -0.39 is 5.69 Å². The Balaban J connectivity index is 1.46. The number of hydrogen-bond donors (Lipinski definition) is 3. The van der Waals surface area contributed by atoms with Gasteiger partial charge in [-0.25, -0.2) is 4.79 Å². The molecule has 0 unspecified atom stereocenters. The molecule has 0 atom stereocenters.